The Bertz CT molecular complexity index is 960. The van der Waals surface area contributed by atoms with E-state index >= 15 is 0 Å². The normalized spacial score (nSPS) is 20.7. The van der Waals surface area contributed by atoms with Crippen LogP contribution in [0.5, 0.6) is 11.5 Å². The molecule has 0 aromatic heterocycles. The summed E-state index contributed by atoms with van der Waals surface area (Å²) in [4.78, 5) is 27.5. The Balaban J connectivity index is 1.65. The van der Waals surface area contributed by atoms with E-state index in [1.165, 1.54) is 12.1 Å². The zero-order valence-corrected chi connectivity index (χ0v) is 17.1. The maximum absolute atomic E-state index is 14.2. The van der Waals surface area contributed by atoms with Crippen molar-refractivity contribution in [2.75, 3.05) is 27.3 Å². The van der Waals surface area contributed by atoms with Crippen molar-refractivity contribution in [3.05, 3.63) is 59.4 Å². The second-order valence-corrected chi connectivity index (χ2v) is 7.79. The fourth-order valence-electron chi connectivity index (χ4n) is 4.02. The number of nitrogens with zero attached hydrogens (tertiary/aromatic N) is 1. The van der Waals surface area contributed by atoms with Gasteiger partial charge < -0.3 is 19.7 Å². The van der Waals surface area contributed by atoms with Gasteiger partial charge in [-0.15, -0.1) is 0 Å². The highest BCUT2D eigenvalue weighted by Gasteiger charge is 2.43. The average molecular weight is 412 g/mol. The van der Waals surface area contributed by atoms with Gasteiger partial charge in [0.2, 0.25) is 5.91 Å². The van der Waals surface area contributed by atoms with Gasteiger partial charge >= 0.3 is 0 Å². The average Bonchev–Trinajstić information content (AvgIpc) is 3.47. The van der Waals surface area contributed by atoms with Crippen LogP contribution in [0.4, 0.5) is 4.39 Å². The van der Waals surface area contributed by atoms with E-state index in [0.717, 1.165) is 18.4 Å². The van der Waals surface area contributed by atoms with E-state index in [0.29, 0.717) is 18.0 Å². The molecule has 2 aromatic carbocycles. The van der Waals surface area contributed by atoms with Gasteiger partial charge in [0, 0.05) is 36.7 Å². The minimum atomic E-state index is -0.563. The van der Waals surface area contributed by atoms with Crippen LogP contribution in [0.2, 0.25) is 0 Å². The van der Waals surface area contributed by atoms with Gasteiger partial charge in [-0.05, 0) is 31.0 Å². The Morgan fingerprint density at radius 1 is 1.07 bits per heavy atom. The third-order valence-corrected chi connectivity index (χ3v) is 5.81. The van der Waals surface area contributed by atoms with Crippen LogP contribution in [-0.4, -0.2) is 50.1 Å². The third kappa shape index (κ3) is 3.97. The molecule has 2 fully saturated rings. The van der Waals surface area contributed by atoms with Crippen molar-refractivity contribution < 1.29 is 23.5 Å². The summed E-state index contributed by atoms with van der Waals surface area (Å²) in [5.74, 6) is -0.511. The lowest BCUT2D eigenvalue weighted by molar-refractivity contribution is -0.125. The molecule has 1 saturated heterocycles. The summed E-state index contributed by atoms with van der Waals surface area (Å²) in [6.45, 7) is 0.532. The van der Waals surface area contributed by atoms with Crippen molar-refractivity contribution in [1.29, 1.82) is 0 Å². The molecule has 6 nitrogen and oxygen atoms in total. The Kier molecular flexibility index (Phi) is 5.61. The first-order valence-electron chi connectivity index (χ1n) is 10.1. The number of hydrogen-bond acceptors (Lipinski definition) is 4. The molecule has 0 spiro atoms. The molecule has 0 unspecified atom stereocenters. The number of halogens is 1. The molecule has 2 aromatic rings. The highest BCUT2D eigenvalue weighted by molar-refractivity contribution is 5.95. The summed E-state index contributed by atoms with van der Waals surface area (Å²) in [6, 6.07) is 11.6. The van der Waals surface area contributed by atoms with Crippen LogP contribution in [0, 0.1) is 11.7 Å². The van der Waals surface area contributed by atoms with Gasteiger partial charge in [-0.3, -0.25) is 9.59 Å². The molecule has 158 valence electrons. The number of ether oxygens (including phenoxy) is 2. The molecule has 1 aliphatic carbocycles. The maximum Gasteiger partial charge on any atom is 0.256 e. The van der Waals surface area contributed by atoms with E-state index in [9.17, 15) is 14.0 Å². The van der Waals surface area contributed by atoms with Gasteiger partial charge in [0.15, 0.2) is 0 Å². The van der Waals surface area contributed by atoms with Gasteiger partial charge in [-0.25, -0.2) is 4.39 Å². The van der Waals surface area contributed by atoms with Gasteiger partial charge in [-0.1, -0.05) is 18.2 Å². The quantitative estimate of drug-likeness (QED) is 0.792. The number of nitrogens with one attached hydrogen (secondary N) is 1. The van der Waals surface area contributed by atoms with Crippen molar-refractivity contribution in [1.82, 2.24) is 10.2 Å². The van der Waals surface area contributed by atoms with Crippen LogP contribution >= 0.6 is 0 Å². The zero-order chi connectivity index (χ0) is 21.3. The minimum Gasteiger partial charge on any atom is -0.497 e. The number of methoxy groups -OCH3 is 2. The molecule has 2 aliphatic rings. The van der Waals surface area contributed by atoms with Gasteiger partial charge in [0.25, 0.3) is 5.91 Å². The highest BCUT2D eigenvalue weighted by Crippen LogP contribution is 2.40. The van der Waals surface area contributed by atoms with Gasteiger partial charge in [0.05, 0.1) is 25.7 Å². The summed E-state index contributed by atoms with van der Waals surface area (Å²) in [5, 5.41) is 3.05. The number of amides is 2. The summed E-state index contributed by atoms with van der Waals surface area (Å²) < 4.78 is 25.0. The van der Waals surface area contributed by atoms with E-state index in [-0.39, 0.29) is 30.0 Å². The number of rotatable bonds is 6. The van der Waals surface area contributed by atoms with Crippen molar-refractivity contribution in [2.45, 2.75) is 24.8 Å². The Labute approximate surface area is 175 Å². The number of likely N-dealkylation sites (tertiary alicyclic amines) is 1. The molecule has 0 bridgehead atoms. The first-order valence-corrected chi connectivity index (χ1v) is 10.1. The van der Waals surface area contributed by atoms with Crippen molar-refractivity contribution in [3.8, 4) is 11.5 Å². The molecule has 1 heterocycles. The van der Waals surface area contributed by atoms with Crippen LogP contribution in [0.25, 0.3) is 0 Å². The SMILES string of the molecule is COc1ccc([C@H]2CN(C(=O)c3ccccc3F)C[C@H]2C(=O)NC2CC2)c(OC)c1. The standard InChI is InChI=1S/C23H25FN2O4/c1-29-15-9-10-16(21(11-15)30-2)18-12-26(13-19(18)22(27)25-14-7-8-14)23(28)17-5-3-4-6-20(17)24/h3-6,9-11,14,18-19H,7-8,12-13H2,1-2H3,(H,25,27)/t18-,19-/m1/s1. The predicted octanol–water partition coefficient (Wildman–Crippen LogP) is 2.98. The molecule has 2 amide bonds. The smallest absolute Gasteiger partial charge is 0.256 e. The van der Waals surface area contributed by atoms with Crippen LogP contribution in [-0.2, 0) is 4.79 Å². The van der Waals surface area contributed by atoms with Crippen LogP contribution in [0.3, 0.4) is 0 Å². The molecule has 1 N–H and O–H groups in total. The first kappa shape index (κ1) is 20.2. The zero-order valence-electron chi connectivity index (χ0n) is 17.1. The molecular weight excluding hydrogens is 387 g/mol. The van der Waals surface area contributed by atoms with E-state index < -0.39 is 17.6 Å². The van der Waals surface area contributed by atoms with Crippen molar-refractivity contribution >= 4 is 11.8 Å². The predicted molar refractivity (Wildman–Crippen MR) is 109 cm³/mol. The van der Waals surface area contributed by atoms with E-state index in [2.05, 4.69) is 5.32 Å². The van der Waals surface area contributed by atoms with Crippen LogP contribution in [0.15, 0.2) is 42.5 Å². The monoisotopic (exact) mass is 412 g/mol. The van der Waals surface area contributed by atoms with E-state index in [1.807, 2.05) is 12.1 Å². The molecule has 7 heteroatoms. The van der Waals surface area contributed by atoms with Crippen molar-refractivity contribution in [2.24, 2.45) is 5.92 Å². The lowest BCUT2D eigenvalue weighted by Gasteiger charge is -2.21. The number of carbonyl (C=O) groups is 2. The molecule has 1 saturated carbocycles. The van der Waals surface area contributed by atoms with Crippen molar-refractivity contribution in [3.63, 3.8) is 0 Å². The molecule has 1 aliphatic heterocycles. The highest BCUT2D eigenvalue weighted by atomic mass is 19.1. The summed E-state index contributed by atoms with van der Waals surface area (Å²) in [5.41, 5.74) is 0.847. The number of hydrogen-bond donors (Lipinski definition) is 1. The number of benzene rings is 2. The fourth-order valence-corrected chi connectivity index (χ4v) is 4.02. The second-order valence-electron chi connectivity index (χ2n) is 7.79. The van der Waals surface area contributed by atoms with E-state index in [4.69, 9.17) is 9.47 Å². The number of carbonyl (C=O) groups excluding carboxylic acids is 2. The summed E-state index contributed by atoms with van der Waals surface area (Å²) in [6.07, 6.45) is 1.96. The first-order chi connectivity index (χ1) is 14.5. The summed E-state index contributed by atoms with van der Waals surface area (Å²) in [7, 11) is 3.14. The Morgan fingerprint density at radius 2 is 1.83 bits per heavy atom. The molecule has 4 rings (SSSR count). The topological polar surface area (TPSA) is 67.9 Å². The van der Waals surface area contributed by atoms with Gasteiger partial charge in [-0.2, -0.15) is 0 Å². The molecule has 2 atom stereocenters. The molecular formula is C23H25FN2O4. The fraction of sp³-hybridized carbons (Fsp3) is 0.391. The summed E-state index contributed by atoms with van der Waals surface area (Å²) >= 11 is 0. The Hall–Kier alpha value is -3.09. The van der Waals surface area contributed by atoms with E-state index in [1.54, 1.807) is 37.3 Å². The second kappa shape index (κ2) is 8.34. The maximum atomic E-state index is 14.2. The van der Waals surface area contributed by atoms with Crippen LogP contribution < -0.4 is 14.8 Å². The van der Waals surface area contributed by atoms with Gasteiger partial charge in [0.1, 0.15) is 17.3 Å². The largest absolute Gasteiger partial charge is 0.497 e. The Morgan fingerprint density at radius 3 is 2.50 bits per heavy atom. The van der Waals surface area contributed by atoms with Crippen LogP contribution in [0.1, 0.15) is 34.7 Å². The molecule has 0 radical (unpaired) electrons. The molecule has 30 heavy (non-hydrogen) atoms. The third-order valence-electron chi connectivity index (χ3n) is 5.81. The lowest BCUT2D eigenvalue weighted by Crippen LogP contribution is -2.36. The minimum absolute atomic E-state index is 0.0150. The lowest BCUT2D eigenvalue weighted by atomic mass is 9.87.